The molecule has 0 aliphatic carbocycles. The van der Waals surface area contributed by atoms with Gasteiger partial charge in [-0.1, -0.05) is 116 Å². The molecule has 0 radical (unpaired) electrons. The molecule has 3 rings (SSSR count). The van der Waals surface area contributed by atoms with Crippen LogP contribution in [0.25, 0.3) is 0 Å². The van der Waals surface area contributed by atoms with E-state index < -0.39 is 13.9 Å². The molecular weight excluding hydrogens is 595 g/mol. The van der Waals surface area contributed by atoms with Crippen LogP contribution in [0.15, 0.2) is 36.4 Å². The van der Waals surface area contributed by atoms with Crippen molar-refractivity contribution in [1.29, 1.82) is 0 Å². The Balaban J connectivity index is 2.12. The minimum Gasteiger partial charge on any atom is -0.399 e. The van der Waals surface area contributed by atoms with Crippen molar-refractivity contribution >= 4 is 20.7 Å². The fourth-order valence-corrected chi connectivity index (χ4v) is 8.92. The third-order valence-electron chi connectivity index (χ3n) is 12.1. The van der Waals surface area contributed by atoms with E-state index in [0.29, 0.717) is 13.2 Å². The molecule has 4 nitrogen and oxygen atoms in total. The van der Waals surface area contributed by atoms with Gasteiger partial charge in [-0.3, -0.25) is 0 Å². The first kappa shape index (κ1) is 40.0. The van der Waals surface area contributed by atoms with E-state index in [-0.39, 0.29) is 28.8 Å². The van der Waals surface area contributed by atoms with Gasteiger partial charge in [0.1, 0.15) is 0 Å². The third-order valence-corrected chi connectivity index (χ3v) is 17.5. The Morgan fingerprint density at radius 2 is 1.19 bits per heavy atom. The second-order valence-electron chi connectivity index (χ2n) is 16.9. The number of unbranched alkanes of at least 4 members (excludes halogenated alkanes) is 2. The molecule has 1 heterocycles. The van der Waals surface area contributed by atoms with Crippen molar-refractivity contribution < 1.29 is 18.8 Å². The van der Waals surface area contributed by atoms with Gasteiger partial charge in [0.2, 0.25) is 0 Å². The summed E-state index contributed by atoms with van der Waals surface area (Å²) in [5.41, 5.74) is 6.65. The van der Waals surface area contributed by atoms with Crippen molar-refractivity contribution in [3.8, 4) is 0 Å². The lowest BCUT2D eigenvalue weighted by atomic mass is 9.67. The number of hydrogen-bond donors (Lipinski definition) is 0. The maximum absolute atomic E-state index is 6.97. The molecule has 0 atom stereocenters. The Kier molecular flexibility index (Phi) is 12.9. The number of aryl methyl sites for hydroxylation is 2. The van der Waals surface area contributed by atoms with E-state index in [1.54, 1.807) is 0 Å². The Morgan fingerprint density at radius 1 is 0.723 bits per heavy atom. The largest absolute Gasteiger partial charge is 0.495 e. The van der Waals surface area contributed by atoms with Crippen LogP contribution in [0.3, 0.4) is 0 Å². The first-order valence-electron chi connectivity index (χ1n) is 18.6. The Hall–Kier alpha value is -1.44. The molecule has 0 aromatic heterocycles. The molecule has 1 aliphatic heterocycles. The highest BCUT2D eigenvalue weighted by Crippen LogP contribution is 2.48. The summed E-state index contributed by atoms with van der Waals surface area (Å²) in [6.45, 7) is 35.7. The van der Waals surface area contributed by atoms with E-state index in [1.165, 1.54) is 27.8 Å². The van der Waals surface area contributed by atoms with Gasteiger partial charge in [-0.25, -0.2) is 0 Å². The molecule has 0 unspecified atom stereocenters. The van der Waals surface area contributed by atoms with Crippen LogP contribution in [-0.4, -0.2) is 39.6 Å². The van der Waals surface area contributed by atoms with E-state index >= 15 is 0 Å². The molecule has 1 fully saturated rings. The minimum absolute atomic E-state index is 0.114. The molecule has 264 valence electrons. The van der Waals surface area contributed by atoms with Gasteiger partial charge in [0.15, 0.2) is 5.79 Å². The van der Waals surface area contributed by atoms with Gasteiger partial charge in [0.05, 0.1) is 32.5 Å². The number of rotatable bonds is 16. The zero-order chi connectivity index (χ0) is 35.5. The molecule has 47 heavy (non-hydrogen) atoms. The molecular formula is C41H69BO4Si. The van der Waals surface area contributed by atoms with E-state index in [4.69, 9.17) is 18.8 Å². The summed E-state index contributed by atoms with van der Waals surface area (Å²) in [6.07, 6.45) is 6.28. The summed E-state index contributed by atoms with van der Waals surface area (Å²) < 4.78 is 26.8. The van der Waals surface area contributed by atoms with Crippen LogP contribution < -0.4 is 5.46 Å². The summed E-state index contributed by atoms with van der Waals surface area (Å²) in [5.74, 6) is -0.738. The van der Waals surface area contributed by atoms with Crippen LogP contribution in [0.4, 0.5) is 0 Å². The lowest BCUT2D eigenvalue weighted by Crippen LogP contribution is -2.47. The van der Waals surface area contributed by atoms with Crippen LogP contribution in [0.1, 0.15) is 143 Å². The van der Waals surface area contributed by atoms with E-state index in [1.807, 2.05) is 0 Å². The zero-order valence-electron chi connectivity index (χ0n) is 33.0. The number of ether oxygens (including phenoxy) is 2. The normalized spacial score (nSPS) is 17.0. The van der Waals surface area contributed by atoms with Crippen LogP contribution >= 0.6 is 0 Å². The Labute approximate surface area is 291 Å². The predicted octanol–water partition coefficient (Wildman–Crippen LogP) is 11.0. The first-order valence-corrected chi connectivity index (χ1v) is 21.8. The fraction of sp³-hybridized carbons (Fsp3) is 0.707. The average Bonchev–Trinajstić information content (AvgIpc) is 3.19. The smallest absolute Gasteiger partial charge is 0.399 e. The highest BCUT2D eigenvalue weighted by molar-refractivity contribution is 6.80. The van der Waals surface area contributed by atoms with E-state index in [9.17, 15) is 0 Å². The Bertz CT molecular complexity index is 1300. The summed E-state index contributed by atoms with van der Waals surface area (Å²) in [5, 5.41) is 0.220. The minimum atomic E-state index is -1.79. The van der Waals surface area contributed by atoms with Crippen molar-refractivity contribution in [2.24, 2.45) is 0 Å². The summed E-state index contributed by atoms with van der Waals surface area (Å²) >= 11 is 0. The van der Waals surface area contributed by atoms with Crippen LogP contribution in [0, 0.1) is 13.8 Å². The number of hydrogen-bond acceptors (Lipinski definition) is 4. The van der Waals surface area contributed by atoms with Gasteiger partial charge >= 0.3 is 7.12 Å². The summed E-state index contributed by atoms with van der Waals surface area (Å²) in [6, 6.07) is 15.0. The van der Waals surface area contributed by atoms with Gasteiger partial charge in [-0.15, -0.1) is 0 Å². The second-order valence-corrected chi connectivity index (χ2v) is 22.6. The monoisotopic (exact) mass is 665 g/mol. The molecule has 0 amide bonds. The van der Waals surface area contributed by atoms with Gasteiger partial charge < -0.3 is 18.8 Å². The lowest BCUT2D eigenvalue weighted by molar-refractivity contribution is -0.236. The van der Waals surface area contributed by atoms with Gasteiger partial charge in [-0.05, 0) is 94.4 Å². The first-order chi connectivity index (χ1) is 21.8. The molecule has 0 bridgehead atoms. The molecule has 0 saturated carbocycles. The van der Waals surface area contributed by atoms with Gasteiger partial charge in [-0.2, -0.15) is 0 Å². The standard InChI is InChI=1S/C41H69BO4Si/c1-16-20-26-43-41(44-27-21-17-2,30-47(14,15)37(7,8)9)35-24-22-33(28-31(35)5)40(18-3,19-4)34-23-25-36(32(6)29-34)42-45-38(10,11)39(12,13)46-42/h22-25,28-29H,16-21,26-27,30H2,1-15H3. The molecule has 0 spiro atoms. The van der Waals surface area contributed by atoms with Crippen LogP contribution in [-0.2, 0) is 30.0 Å². The zero-order valence-corrected chi connectivity index (χ0v) is 34.0. The molecule has 2 aromatic rings. The predicted molar refractivity (Wildman–Crippen MR) is 205 cm³/mol. The third kappa shape index (κ3) is 8.31. The quantitative estimate of drug-likeness (QED) is 0.102. The van der Waals surface area contributed by atoms with Crippen molar-refractivity contribution in [2.75, 3.05) is 13.2 Å². The van der Waals surface area contributed by atoms with Crippen molar-refractivity contribution in [1.82, 2.24) is 0 Å². The van der Waals surface area contributed by atoms with Gasteiger partial charge in [0, 0.05) is 17.0 Å². The maximum Gasteiger partial charge on any atom is 0.495 e. The average molecular weight is 665 g/mol. The highest BCUT2D eigenvalue weighted by Gasteiger charge is 2.52. The fourth-order valence-electron chi connectivity index (χ4n) is 6.83. The van der Waals surface area contributed by atoms with Gasteiger partial charge in [0.25, 0.3) is 0 Å². The second kappa shape index (κ2) is 15.2. The molecule has 1 aliphatic rings. The maximum atomic E-state index is 6.97. The van der Waals surface area contributed by atoms with Crippen LogP contribution in [0.2, 0.25) is 24.2 Å². The van der Waals surface area contributed by atoms with E-state index in [2.05, 4.69) is 140 Å². The summed E-state index contributed by atoms with van der Waals surface area (Å²) in [7, 11) is -2.15. The van der Waals surface area contributed by atoms with Crippen molar-refractivity contribution in [3.05, 3.63) is 64.2 Å². The molecule has 6 heteroatoms. The number of benzene rings is 2. The van der Waals surface area contributed by atoms with Crippen molar-refractivity contribution in [2.45, 2.75) is 175 Å². The molecule has 2 aromatic carbocycles. The lowest BCUT2D eigenvalue weighted by Gasteiger charge is -2.45. The Morgan fingerprint density at radius 3 is 1.60 bits per heavy atom. The highest BCUT2D eigenvalue weighted by atomic mass is 28.3. The van der Waals surface area contributed by atoms with Crippen LogP contribution in [0.5, 0.6) is 0 Å². The van der Waals surface area contributed by atoms with Crippen molar-refractivity contribution in [3.63, 3.8) is 0 Å². The SMILES string of the molecule is CCCCOC(C[Si](C)(C)C(C)(C)C)(OCCCC)c1ccc(C(CC)(CC)c2ccc(B3OC(C)(C)C(C)(C)O3)c(C)c2)cc1C. The summed E-state index contributed by atoms with van der Waals surface area (Å²) in [4.78, 5) is 0. The topological polar surface area (TPSA) is 36.9 Å². The van der Waals surface area contributed by atoms with E-state index in [0.717, 1.165) is 50.0 Å². The molecule has 0 N–H and O–H groups in total. The molecule has 1 saturated heterocycles.